The summed E-state index contributed by atoms with van der Waals surface area (Å²) in [5.41, 5.74) is 3.13. The lowest BCUT2D eigenvalue weighted by Gasteiger charge is -2.13. The highest BCUT2D eigenvalue weighted by molar-refractivity contribution is 5.95. The van der Waals surface area contributed by atoms with E-state index in [1.165, 1.54) is 0 Å². The number of fused-ring (bicyclic) bond motifs is 1. The highest BCUT2D eigenvalue weighted by atomic mass is 16.5. The van der Waals surface area contributed by atoms with Crippen LogP contribution in [-0.4, -0.2) is 16.3 Å². The van der Waals surface area contributed by atoms with Gasteiger partial charge in [0.2, 0.25) is 5.88 Å². The number of aromatic hydroxyl groups is 1. The Kier molecular flexibility index (Phi) is 6.62. The first kappa shape index (κ1) is 20.7. The molecule has 5 heteroatoms. The van der Waals surface area contributed by atoms with Crippen molar-refractivity contribution in [3.63, 3.8) is 0 Å². The number of azo groups is 1. The molecule has 4 rings (SSSR count). The van der Waals surface area contributed by atoms with Crippen molar-refractivity contribution in [2.45, 2.75) is 32.7 Å². The first-order valence-corrected chi connectivity index (χ1v) is 10.8. The van der Waals surface area contributed by atoms with Gasteiger partial charge in [-0.1, -0.05) is 74.4 Å². The highest BCUT2D eigenvalue weighted by Gasteiger charge is 2.17. The molecule has 0 amide bonds. The van der Waals surface area contributed by atoms with E-state index < -0.39 is 0 Å². The van der Waals surface area contributed by atoms with Crippen molar-refractivity contribution in [1.29, 1.82) is 0 Å². The first-order chi connectivity index (χ1) is 15.3. The molecule has 0 fully saturated rings. The van der Waals surface area contributed by atoms with Crippen molar-refractivity contribution in [2.24, 2.45) is 10.2 Å². The summed E-state index contributed by atoms with van der Waals surface area (Å²) in [5.74, 6) is 0.949. The van der Waals surface area contributed by atoms with Gasteiger partial charge in [0.15, 0.2) is 5.69 Å². The van der Waals surface area contributed by atoms with E-state index in [1.807, 2.05) is 83.4 Å². The Labute approximate surface area is 182 Å². The van der Waals surface area contributed by atoms with Crippen LogP contribution in [0.4, 0.5) is 11.4 Å². The van der Waals surface area contributed by atoms with Crippen LogP contribution in [0, 0.1) is 0 Å². The number of rotatable bonds is 9. The van der Waals surface area contributed by atoms with Crippen molar-refractivity contribution >= 4 is 22.3 Å². The van der Waals surface area contributed by atoms with Crippen LogP contribution in [0.5, 0.6) is 11.6 Å². The molecule has 0 spiro atoms. The molecular weight excluding hydrogens is 386 g/mol. The lowest BCUT2D eigenvalue weighted by Crippen LogP contribution is -2.04. The van der Waals surface area contributed by atoms with Crippen LogP contribution in [0.25, 0.3) is 10.9 Å². The summed E-state index contributed by atoms with van der Waals surface area (Å²) < 4.78 is 7.90. The molecule has 31 heavy (non-hydrogen) atoms. The molecule has 0 aliphatic rings. The summed E-state index contributed by atoms with van der Waals surface area (Å²) >= 11 is 0. The summed E-state index contributed by atoms with van der Waals surface area (Å²) in [6.45, 7) is 3.36. The second kappa shape index (κ2) is 9.94. The second-order valence-electron chi connectivity index (χ2n) is 7.47. The minimum Gasteiger partial charge on any atom is -0.493 e. The molecule has 0 saturated heterocycles. The number of para-hydroxylation sites is 2. The predicted molar refractivity (Wildman–Crippen MR) is 125 cm³/mol. The molecule has 3 aromatic carbocycles. The van der Waals surface area contributed by atoms with Gasteiger partial charge in [0.1, 0.15) is 5.75 Å². The van der Waals surface area contributed by atoms with E-state index in [0.29, 0.717) is 18.8 Å². The summed E-state index contributed by atoms with van der Waals surface area (Å²) in [6.07, 6.45) is 3.35. The minimum atomic E-state index is 0.0988. The molecule has 0 bridgehead atoms. The number of hydrogen-bond acceptors (Lipinski definition) is 4. The van der Waals surface area contributed by atoms with Crippen LogP contribution in [0.15, 0.2) is 89.1 Å². The Morgan fingerprint density at radius 2 is 1.58 bits per heavy atom. The molecule has 1 N–H and O–H groups in total. The molecule has 5 nitrogen and oxygen atoms in total. The van der Waals surface area contributed by atoms with Gasteiger partial charge < -0.3 is 14.4 Å². The van der Waals surface area contributed by atoms with Crippen LogP contribution in [0.1, 0.15) is 31.7 Å². The maximum atomic E-state index is 11.1. The maximum absolute atomic E-state index is 11.1. The van der Waals surface area contributed by atoms with Gasteiger partial charge in [0.25, 0.3) is 0 Å². The standard InChI is InChI=1S/C26H27N3O2/c1-2-3-11-18-31-24-17-10-7-12-20(24)19-29-23-16-9-8-15-22(23)25(26(29)30)28-27-21-13-5-4-6-14-21/h4-10,12-17,30H,2-3,11,18-19H2,1H3. The van der Waals surface area contributed by atoms with E-state index in [4.69, 9.17) is 4.74 Å². The Morgan fingerprint density at radius 1 is 0.839 bits per heavy atom. The first-order valence-electron chi connectivity index (χ1n) is 10.8. The highest BCUT2D eigenvalue weighted by Crippen LogP contribution is 2.40. The molecule has 1 heterocycles. The Bertz CT molecular complexity index is 1170. The van der Waals surface area contributed by atoms with E-state index >= 15 is 0 Å². The van der Waals surface area contributed by atoms with Crippen molar-refractivity contribution in [2.75, 3.05) is 6.61 Å². The smallest absolute Gasteiger partial charge is 0.221 e. The number of benzene rings is 3. The monoisotopic (exact) mass is 413 g/mol. The molecule has 0 radical (unpaired) electrons. The molecule has 0 atom stereocenters. The molecule has 1 aromatic heterocycles. The van der Waals surface area contributed by atoms with Gasteiger partial charge in [0, 0.05) is 10.9 Å². The fourth-order valence-electron chi connectivity index (χ4n) is 3.61. The van der Waals surface area contributed by atoms with Crippen molar-refractivity contribution < 1.29 is 9.84 Å². The molecule has 0 aliphatic heterocycles. The predicted octanol–water partition coefficient (Wildman–Crippen LogP) is 7.38. The Balaban J connectivity index is 1.67. The summed E-state index contributed by atoms with van der Waals surface area (Å²) in [4.78, 5) is 0. The fraction of sp³-hybridized carbons (Fsp3) is 0.231. The minimum absolute atomic E-state index is 0.0988. The SMILES string of the molecule is CCCCCOc1ccccc1Cn1c(O)c(N=Nc2ccccc2)c2ccccc21. The lowest BCUT2D eigenvalue weighted by atomic mass is 10.2. The number of ether oxygens (including phenoxy) is 1. The second-order valence-corrected chi connectivity index (χ2v) is 7.47. The van der Waals surface area contributed by atoms with Crippen LogP contribution in [-0.2, 0) is 6.54 Å². The lowest BCUT2D eigenvalue weighted by molar-refractivity contribution is 0.302. The van der Waals surface area contributed by atoms with Crippen molar-refractivity contribution in [3.8, 4) is 11.6 Å². The zero-order valence-corrected chi connectivity index (χ0v) is 17.7. The average molecular weight is 414 g/mol. The summed E-state index contributed by atoms with van der Waals surface area (Å²) in [6, 6.07) is 25.4. The molecule has 4 aromatic rings. The van der Waals surface area contributed by atoms with Gasteiger partial charge >= 0.3 is 0 Å². The van der Waals surface area contributed by atoms with Gasteiger partial charge in [-0.05, 0) is 30.7 Å². The van der Waals surface area contributed by atoms with E-state index in [1.54, 1.807) is 0 Å². The topological polar surface area (TPSA) is 59.1 Å². The van der Waals surface area contributed by atoms with E-state index in [0.717, 1.165) is 47.2 Å². The third-order valence-corrected chi connectivity index (χ3v) is 5.25. The van der Waals surface area contributed by atoms with Gasteiger partial charge in [-0.15, -0.1) is 5.11 Å². The zero-order chi connectivity index (χ0) is 21.5. The molecule has 0 saturated carbocycles. The Morgan fingerprint density at radius 3 is 2.42 bits per heavy atom. The largest absolute Gasteiger partial charge is 0.493 e. The van der Waals surface area contributed by atoms with Gasteiger partial charge in [-0.3, -0.25) is 0 Å². The van der Waals surface area contributed by atoms with Gasteiger partial charge in [-0.2, -0.15) is 5.11 Å². The van der Waals surface area contributed by atoms with E-state index in [-0.39, 0.29) is 5.88 Å². The van der Waals surface area contributed by atoms with E-state index in [2.05, 4.69) is 17.2 Å². The zero-order valence-electron chi connectivity index (χ0n) is 17.7. The number of unbranched alkanes of at least 4 members (excludes halogenated alkanes) is 2. The Hall–Kier alpha value is -3.60. The third-order valence-electron chi connectivity index (χ3n) is 5.25. The van der Waals surface area contributed by atoms with Crippen LogP contribution >= 0.6 is 0 Å². The van der Waals surface area contributed by atoms with Crippen LogP contribution < -0.4 is 4.74 Å². The third kappa shape index (κ3) is 4.77. The summed E-state index contributed by atoms with van der Waals surface area (Å²) in [7, 11) is 0. The number of nitrogens with zero attached hydrogens (tertiary/aromatic N) is 3. The number of hydrogen-bond donors (Lipinski definition) is 1. The molecule has 0 aliphatic carbocycles. The van der Waals surface area contributed by atoms with Crippen LogP contribution in [0.2, 0.25) is 0 Å². The van der Waals surface area contributed by atoms with E-state index in [9.17, 15) is 5.11 Å². The van der Waals surface area contributed by atoms with Crippen molar-refractivity contribution in [3.05, 3.63) is 84.4 Å². The molecule has 0 unspecified atom stereocenters. The quantitative estimate of drug-likeness (QED) is 0.230. The van der Waals surface area contributed by atoms with Gasteiger partial charge in [-0.25, -0.2) is 0 Å². The molecule has 158 valence electrons. The number of aromatic nitrogens is 1. The maximum Gasteiger partial charge on any atom is 0.221 e. The van der Waals surface area contributed by atoms with Gasteiger partial charge in [0.05, 0.1) is 24.4 Å². The fourth-order valence-corrected chi connectivity index (χ4v) is 3.61. The summed E-state index contributed by atoms with van der Waals surface area (Å²) in [5, 5.41) is 20.6. The molecular formula is C26H27N3O2. The normalized spacial score (nSPS) is 11.4. The van der Waals surface area contributed by atoms with Crippen LogP contribution in [0.3, 0.4) is 0 Å². The average Bonchev–Trinajstić information content (AvgIpc) is 3.08. The van der Waals surface area contributed by atoms with Crippen molar-refractivity contribution in [1.82, 2.24) is 4.57 Å².